The Morgan fingerprint density at radius 1 is 1.31 bits per heavy atom. The van der Waals surface area contributed by atoms with E-state index in [9.17, 15) is 0 Å². The first-order chi connectivity index (χ1) is 7.84. The molecule has 1 aliphatic heterocycles. The highest BCUT2D eigenvalue weighted by Gasteiger charge is 2.51. The standard InChI is InChI=1S/C10H9ClN4O/c11-9-7-10(13-3-12-9)15(4-14-7)5-1-2-6-8(5)16-6/h3-6,8H,1-2H2/t5-,6-,8+/m0/s1. The summed E-state index contributed by atoms with van der Waals surface area (Å²) in [4.78, 5) is 12.4. The Hall–Kier alpha value is -1.20. The van der Waals surface area contributed by atoms with Crippen molar-refractivity contribution in [2.24, 2.45) is 0 Å². The molecule has 0 bridgehead atoms. The number of hydrogen-bond acceptors (Lipinski definition) is 4. The summed E-state index contributed by atoms with van der Waals surface area (Å²) in [6.07, 6.45) is 6.34. The Morgan fingerprint density at radius 2 is 2.25 bits per heavy atom. The van der Waals surface area contributed by atoms with Crippen molar-refractivity contribution in [3.63, 3.8) is 0 Å². The molecule has 1 saturated heterocycles. The lowest BCUT2D eigenvalue weighted by molar-refractivity contribution is 0.268. The van der Waals surface area contributed by atoms with Gasteiger partial charge in [0.2, 0.25) is 0 Å². The summed E-state index contributed by atoms with van der Waals surface area (Å²) >= 11 is 5.97. The summed E-state index contributed by atoms with van der Waals surface area (Å²) in [5.74, 6) is 0. The molecule has 0 aromatic carbocycles. The molecule has 2 aromatic heterocycles. The maximum absolute atomic E-state index is 5.97. The van der Waals surface area contributed by atoms with Gasteiger partial charge in [-0.15, -0.1) is 0 Å². The van der Waals surface area contributed by atoms with Gasteiger partial charge in [-0.3, -0.25) is 0 Å². The van der Waals surface area contributed by atoms with Crippen LogP contribution < -0.4 is 0 Å². The third kappa shape index (κ3) is 1.07. The molecule has 3 atom stereocenters. The van der Waals surface area contributed by atoms with Crippen LogP contribution in [0, 0.1) is 0 Å². The molecule has 82 valence electrons. The van der Waals surface area contributed by atoms with Crippen LogP contribution in [0.1, 0.15) is 18.9 Å². The van der Waals surface area contributed by atoms with Crippen molar-refractivity contribution in [2.75, 3.05) is 0 Å². The predicted octanol–water partition coefficient (Wildman–Crippen LogP) is 1.58. The van der Waals surface area contributed by atoms with E-state index in [1.807, 2.05) is 0 Å². The molecular formula is C10H9ClN4O. The monoisotopic (exact) mass is 236 g/mol. The van der Waals surface area contributed by atoms with Crippen LogP contribution in [-0.2, 0) is 4.74 Å². The fourth-order valence-electron chi connectivity index (χ4n) is 2.59. The van der Waals surface area contributed by atoms with Crippen LogP contribution in [0.15, 0.2) is 12.7 Å². The van der Waals surface area contributed by atoms with E-state index in [1.54, 1.807) is 6.33 Å². The van der Waals surface area contributed by atoms with Crippen LogP contribution in [0.25, 0.3) is 11.2 Å². The Labute approximate surface area is 96.4 Å². The van der Waals surface area contributed by atoms with Gasteiger partial charge >= 0.3 is 0 Å². The Morgan fingerprint density at radius 3 is 3.00 bits per heavy atom. The van der Waals surface area contributed by atoms with Crippen LogP contribution in [-0.4, -0.2) is 31.7 Å². The summed E-state index contributed by atoms with van der Waals surface area (Å²) in [7, 11) is 0. The molecule has 0 N–H and O–H groups in total. The van der Waals surface area contributed by atoms with Crippen molar-refractivity contribution in [1.82, 2.24) is 19.5 Å². The zero-order chi connectivity index (χ0) is 10.7. The SMILES string of the molecule is Clc1ncnc2c1ncn2[C@H]1CC[C@@H]2O[C@@H]21. The first-order valence-corrected chi connectivity index (χ1v) is 5.71. The van der Waals surface area contributed by atoms with E-state index in [1.165, 1.54) is 6.33 Å². The smallest absolute Gasteiger partial charge is 0.165 e. The van der Waals surface area contributed by atoms with Crippen molar-refractivity contribution in [2.45, 2.75) is 31.1 Å². The zero-order valence-electron chi connectivity index (χ0n) is 8.38. The third-order valence-electron chi connectivity index (χ3n) is 3.42. The lowest BCUT2D eigenvalue weighted by Crippen LogP contribution is -2.11. The number of rotatable bonds is 1. The summed E-state index contributed by atoms with van der Waals surface area (Å²) in [5.41, 5.74) is 1.48. The number of epoxide rings is 1. The topological polar surface area (TPSA) is 56.1 Å². The second kappa shape index (κ2) is 2.93. The summed E-state index contributed by atoms with van der Waals surface area (Å²) in [6.45, 7) is 0. The van der Waals surface area contributed by atoms with Gasteiger partial charge in [-0.2, -0.15) is 0 Å². The fraction of sp³-hybridized carbons (Fsp3) is 0.500. The number of hydrogen-bond donors (Lipinski definition) is 0. The molecule has 2 aromatic rings. The Bertz CT molecular complexity index is 569. The van der Waals surface area contributed by atoms with Crippen LogP contribution in [0.5, 0.6) is 0 Å². The van der Waals surface area contributed by atoms with Crippen LogP contribution in [0.2, 0.25) is 5.15 Å². The maximum Gasteiger partial charge on any atom is 0.165 e. The number of imidazole rings is 1. The van der Waals surface area contributed by atoms with Crippen molar-refractivity contribution < 1.29 is 4.74 Å². The summed E-state index contributed by atoms with van der Waals surface area (Å²) in [5, 5.41) is 0.412. The van der Waals surface area contributed by atoms with Crippen molar-refractivity contribution in [3.05, 3.63) is 17.8 Å². The number of nitrogens with zero attached hydrogens (tertiary/aromatic N) is 4. The third-order valence-corrected chi connectivity index (χ3v) is 3.70. The minimum absolute atomic E-state index is 0.353. The maximum atomic E-state index is 5.97. The molecular weight excluding hydrogens is 228 g/mol. The van der Waals surface area contributed by atoms with Gasteiger partial charge < -0.3 is 9.30 Å². The van der Waals surface area contributed by atoms with E-state index in [0.717, 1.165) is 18.5 Å². The highest BCUT2D eigenvalue weighted by Crippen LogP contribution is 2.46. The molecule has 4 rings (SSSR count). The molecule has 1 saturated carbocycles. The molecule has 1 aliphatic carbocycles. The van der Waals surface area contributed by atoms with Crippen molar-refractivity contribution in [1.29, 1.82) is 0 Å². The molecule has 2 aliphatic rings. The molecule has 0 unspecified atom stereocenters. The molecule has 3 heterocycles. The van der Waals surface area contributed by atoms with E-state index in [-0.39, 0.29) is 0 Å². The fourth-order valence-corrected chi connectivity index (χ4v) is 2.77. The molecule has 5 nitrogen and oxygen atoms in total. The number of fused-ring (bicyclic) bond motifs is 2. The van der Waals surface area contributed by atoms with E-state index in [2.05, 4.69) is 19.5 Å². The van der Waals surface area contributed by atoms with Crippen LogP contribution >= 0.6 is 11.6 Å². The highest BCUT2D eigenvalue weighted by molar-refractivity contribution is 6.33. The van der Waals surface area contributed by atoms with E-state index in [0.29, 0.717) is 28.9 Å². The lowest BCUT2D eigenvalue weighted by atomic mass is 10.2. The van der Waals surface area contributed by atoms with Crippen molar-refractivity contribution in [3.8, 4) is 0 Å². The number of ether oxygens (including phenoxy) is 1. The quantitative estimate of drug-likeness (QED) is 0.557. The van der Waals surface area contributed by atoms with Gasteiger partial charge in [0.1, 0.15) is 17.9 Å². The van der Waals surface area contributed by atoms with Gasteiger partial charge in [0.25, 0.3) is 0 Å². The van der Waals surface area contributed by atoms with Gasteiger partial charge in [0.15, 0.2) is 10.8 Å². The first kappa shape index (κ1) is 8.90. The number of halogens is 1. The van der Waals surface area contributed by atoms with E-state index in [4.69, 9.17) is 16.3 Å². The average Bonchev–Trinajstić information content (AvgIpc) is 2.75. The molecule has 16 heavy (non-hydrogen) atoms. The predicted molar refractivity (Wildman–Crippen MR) is 57.3 cm³/mol. The Balaban J connectivity index is 1.88. The van der Waals surface area contributed by atoms with Crippen LogP contribution in [0.3, 0.4) is 0 Å². The first-order valence-electron chi connectivity index (χ1n) is 5.33. The van der Waals surface area contributed by atoms with Crippen molar-refractivity contribution >= 4 is 22.8 Å². The minimum Gasteiger partial charge on any atom is -0.367 e. The minimum atomic E-state index is 0.353. The van der Waals surface area contributed by atoms with Gasteiger partial charge in [-0.05, 0) is 12.8 Å². The average molecular weight is 237 g/mol. The van der Waals surface area contributed by atoms with Gasteiger partial charge in [0.05, 0.1) is 18.5 Å². The van der Waals surface area contributed by atoms with Gasteiger partial charge in [-0.25, -0.2) is 15.0 Å². The largest absolute Gasteiger partial charge is 0.367 e. The second-order valence-corrected chi connectivity index (χ2v) is 4.63. The zero-order valence-corrected chi connectivity index (χ0v) is 9.13. The van der Waals surface area contributed by atoms with Gasteiger partial charge in [-0.1, -0.05) is 11.6 Å². The highest BCUT2D eigenvalue weighted by atomic mass is 35.5. The molecule has 0 radical (unpaired) electrons. The van der Waals surface area contributed by atoms with E-state index >= 15 is 0 Å². The molecule has 0 spiro atoms. The normalized spacial score (nSPS) is 31.9. The molecule has 0 amide bonds. The lowest BCUT2D eigenvalue weighted by Gasteiger charge is -2.12. The Kier molecular flexibility index (Phi) is 1.63. The molecule has 2 fully saturated rings. The van der Waals surface area contributed by atoms with E-state index < -0.39 is 0 Å². The van der Waals surface area contributed by atoms with Crippen LogP contribution in [0.4, 0.5) is 0 Å². The summed E-state index contributed by atoms with van der Waals surface area (Å²) in [6, 6.07) is 0.362. The molecule has 6 heteroatoms. The van der Waals surface area contributed by atoms with Gasteiger partial charge in [0, 0.05) is 0 Å². The number of aromatic nitrogens is 4. The summed E-state index contributed by atoms with van der Waals surface area (Å²) < 4.78 is 7.61. The second-order valence-electron chi connectivity index (χ2n) is 4.27.